The Balaban J connectivity index is 2.02. The summed E-state index contributed by atoms with van der Waals surface area (Å²) in [7, 11) is 2.12. The molecule has 0 unspecified atom stereocenters. The Morgan fingerprint density at radius 1 is 1.31 bits per heavy atom. The fourth-order valence-corrected chi connectivity index (χ4v) is 1.40. The number of anilines is 1. The van der Waals surface area contributed by atoms with E-state index in [1.54, 1.807) is 11.1 Å². The van der Waals surface area contributed by atoms with Gasteiger partial charge >= 0.3 is 0 Å². The Labute approximate surface area is 76.9 Å². The molecule has 0 aliphatic carbocycles. The van der Waals surface area contributed by atoms with E-state index in [1.165, 1.54) is 0 Å². The van der Waals surface area contributed by atoms with Crippen LogP contribution in [-0.4, -0.2) is 53.0 Å². The summed E-state index contributed by atoms with van der Waals surface area (Å²) in [6.07, 6.45) is 1.65. The SMILES string of the molecule is CN1CCN(n2cnc(N)n2)CC1. The van der Waals surface area contributed by atoms with Gasteiger partial charge in [0, 0.05) is 26.2 Å². The van der Waals surface area contributed by atoms with Crippen molar-refractivity contribution in [3.63, 3.8) is 0 Å². The van der Waals surface area contributed by atoms with Gasteiger partial charge in [0.05, 0.1) is 0 Å². The molecule has 1 saturated heterocycles. The van der Waals surface area contributed by atoms with E-state index < -0.39 is 0 Å². The van der Waals surface area contributed by atoms with Crippen LogP contribution in [0.3, 0.4) is 0 Å². The average Bonchev–Trinajstić information content (AvgIpc) is 2.53. The van der Waals surface area contributed by atoms with E-state index in [4.69, 9.17) is 5.73 Å². The van der Waals surface area contributed by atoms with Crippen molar-refractivity contribution in [3.8, 4) is 0 Å². The molecule has 1 fully saturated rings. The Morgan fingerprint density at radius 2 is 2.00 bits per heavy atom. The van der Waals surface area contributed by atoms with E-state index in [1.807, 2.05) is 0 Å². The number of hydrogen-bond acceptors (Lipinski definition) is 5. The third-order valence-corrected chi connectivity index (χ3v) is 2.27. The van der Waals surface area contributed by atoms with E-state index in [-0.39, 0.29) is 0 Å². The van der Waals surface area contributed by atoms with Crippen LogP contribution in [-0.2, 0) is 0 Å². The molecule has 0 bridgehead atoms. The van der Waals surface area contributed by atoms with Crippen molar-refractivity contribution in [2.45, 2.75) is 0 Å². The quantitative estimate of drug-likeness (QED) is 0.587. The zero-order valence-corrected chi connectivity index (χ0v) is 7.72. The van der Waals surface area contributed by atoms with Crippen LogP contribution >= 0.6 is 0 Å². The van der Waals surface area contributed by atoms with Gasteiger partial charge in [-0.15, -0.1) is 5.10 Å². The number of nitrogens with two attached hydrogens (primary N) is 1. The summed E-state index contributed by atoms with van der Waals surface area (Å²) in [5.41, 5.74) is 5.43. The fourth-order valence-electron chi connectivity index (χ4n) is 1.40. The molecule has 0 spiro atoms. The van der Waals surface area contributed by atoms with E-state index in [9.17, 15) is 0 Å². The lowest BCUT2D eigenvalue weighted by Gasteiger charge is -2.32. The molecule has 0 saturated carbocycles. The summed E-state index contributed by atoms with van der Waals surface area (Å²) in [6, 6.07) is 0. The van der Waals surface area contributed by atoms with Gasteiger partial charge in [-0.1, -0.05) is 0 Å². The zero-order chi connectivity index (χ0) is 9.26. The summed E-state index contributed by atoms with van der Waals surface area (Å²) in [5.74, 6) is 0.332. The Morgan fingerprint density at radius 3 is 2.54 bits per heavy atom. The molecule has 6 heteroatoms. The Bertz CT molecular complexity index is 274. The highest BCUT2D eigenvalue weighted by atomic mass is 15.7. The van der Waals surface area contributed by atoms with Crippen molar-refractivity contribution in [3.05, 3.63) is 6.33 Å². The van der Waals surface area contributed by atoms with Gasteiger partial charge in [-0.05, 0) is 7.05 Å². The normalized spacial score (nSPS) is 19.3. The smallest absolute Gasteiger partial charge is 0.241 e. The van der Waals surface area contributed by atoms with Gasteiger partial charge < -0.3 is 10.6 Å². The predicted octanol–water partition coefficient (Wildman–Crippen LogP) is -1.26. The molecule has 2 rings (SSSR count). The van der Waals surface area contributed by atoms with E-state index in [0.717, 1.165) is 26.2 Å². The van der Waals surface area contributed by atoms with Crippen LogP contribution in [0.5, 0.6) is 0 Å². The summed E-state index contributed by atoms with van der Waals surface area (Å²) in [4.78, 5) is 7.90. The van der Waals surface area contributed by atoms with Crippen molar-refractivity contribution >= 4 is 5.95 Å². The van der Waals surface area contributed by atoms with Crippen molar-refractivity contribution < 1.29 is 0 Å². The first-order chi connectivity index (χ1) is 6.25. The first kappa shape index (κ1) is 8.31. The lowest BCUT2D eigenvalue weighted by molar-refractivity contribution is 0.281. The number of nitrogen functional groups attached to an aromatic ring is 1. The van der Waals surface area contributed by atoms with Crippen molar-refractivity contribution in [1.82, 2.24) is 19.8 Å². The van der Waals surface area contributed by atoms with Gasteiger partial charge in [0.1, 0.15) is 6.33 Å². The van der Waals surface area contributed by atoms with Crippen LogP contribution in [0.2, 0.25) is 0 Å². The summed E-state index contributed by atoms with van der Waals surface area (Å²) < 4.78 is 0. The van der Waals surface area contributed by atoms with Gasteiger partial charge in [-0.3, -0.25) is 5.01 Å². The van der Waals surface area contributed by atoms with Gasteiger partial charge in [-0.25, -0.2) is 0 Å². The molecule has 1 aliphatic heterocycles. The summed E-state index contributed by atoms with van der Waals surface area (Å²) in [5, 5.41) is 6.18. The second-order valence-electron chi connectivity index (χ2n) is 3.28. The van der Waals surface area contributed by atoms with Crippen LogP contribution in [0.4, 0.5) is 5.95 Å². The van der Waals surface area contributed by atoms with Crippen molar-refractivity contribution in [2.75, 3.05) is 44.0 Å². The van der Waals surface area contributed by atoms with Crippen LogP contribution in [0.25, 0.3) is 0 Å². The lowest BCUT2D eigenvalue weighted by Crippen LogP contribution is -2.50. The molecule has 0 amide bonds. The second-order valence-corrected chi connectivity index (χ2v) is 3.28. The second kappa shape index (κ2) is 3.21. The van der Waals surface area contributed by atoms with E-state index in [2.05, 4.69) is 27.0 Å². The largest absolute Gasteiger partial charge is 0.366 e. The molecule has 72 valence electrons. The molecule has 6 nitrogen and oxygen atoms in total. The van der Waals surface area contributed by atoms with Crippen molar-refractivity contribution in [1.29, 1.82) is 0 Å². The predicted molar refractivity (Wildman–Crippen MR) is 49.9 cm³/mol. The number of rotatable bonds is 1. The standard InChI is InChI=1S/C7H14N6/c1-11-2-4-12(5-3-11)13-6-9-7(8)10-13/h6H,2-5H2,1H3,(H2,8,10). The molecule has 2 N–H and O–H groups in total. The third-order valence-electron chi connectivity index (χ3n) is 2.27. The minimum Gasteiger partial charge on any atom is -0.366 e. The Kier molecular flexibility index (Phi) is 2.05. The molecule has 1 aliphatic rings. The third kappa shape index (κ3) is 1.72. The van der Waals surface area contributed by atoms with E-state index >= 15 is 0 Å². The van der Waals surface area contributed by atoms with Crippen molar-refractivity contribution in [2.24, 2.45) is 0 Å². The monoisotopic (exact) mass is 182 g/mol. The summed E-state index contributed by atoms with van der Waals surface area (Å²) >= 11 is 0. The molecular weight excluding hydrogens is 168 g/mol. The minimum absolute atomic E-state index is 0.332. The Hall–Kier alpha value is -1.30. The van der Waals surface area contributed by atoms with Gasteiger partial charge in [-0.2, -0.15) is 9.77 Å². The highest BCUT2D eigenvalue weighted by Gasteiger charge is 2.14. The van der Waals surface area contributed by atoms with Gasteiger partial charge in [0.25, 0.3) is 0 Å². The molecule has 13 heavy (non-hydrogen) atoms. The van der Waals surface area contributed by atoms with Crippen LogP contribution < -0.4 is 10.7 Å². The molecule has 1 aromatic rings. The lowest BCUT2D eigenvalue weighted by atomic mass is 10.4. The first-order valence-electron chi connectivity index (χ1n) is 4.36. The summed E-state index contributed by atoms with van der Waals surface area (Å²) in [6.45, 7) is 4.05. The van der Waals surface area contributed by atoms with E-state index in [0.29, 0.717) is 5.95 Å². The zero-order valence-electron chi connectivity index (χ0n) is 7.72. The van der Waals surface area contributed by atoms with Crippen LogP contribution in [0.1, 0.15) is 0 Å². The van der Waals surface area contributed by atoms with Crippen LogP contribution in [0, 0.1) is 0 Å². The molecule has 0 atom stereocenters. The molecule has 2 heterocycles. The molecule has 0 aromatic carbocycles. The molecule has 0 radical (unpaired) electrons. The number of nitrogens with zero attached hydrogens (tertiary/aromatic N) is 5. The van der Waals surface area contributed by atoms with Gasteiger partial charge in [0.2, 0.25) is 5.95 Å². The topological polar surface area (TPSA) is 63.2 Å². The number of aromatic nitrogens is 3. The molecular formula is C7H14N6. The maximum Gasteiger partial charge on any atom is 0.241 e. The van der Waals surface area contributed by atoms with Crippen LogP contribution in [0.15, 0.2) is 6.33 Å². The highest BCUT2D eigenvalue weighted by molar-refractivity contribution is 5.10. The highest BCUT2D eigenvalue weighted by Crippen LogP contribution is 1.98. The minimum atomic E-state index is 0.332. The fraction of sp³-hybridized carbons (Fsp3) is 0.714. The average molecular weight is 182 g/mol. The number of piperazine rings is 1. The maximum absolute atomic E-state index is 5.43. The number of hydrogen-bond donors (Lipinski definition) is 1. The number of likely N-dealkylation sites (N-methyl/N-ethyl adjacent to an activating group) is 1. The van der Waals surface area contributed by atoms with Gasteiger partial charge in [0.15, 0.2) is 0 Å². The molecule has 1 aromatic heterocycles. The maximum atomic E-state index is 5.43. The first-order valence-corrected chi connectivity index (χ1v) is 4.36.